The van der Waals surface area contributed by atoms with Crippen LogP contribution in [0.3, 0.4) is 0 Å². The maximum absolute atomic E-state index is 12.1. The van der Waals surface area contributed by atoms with Crippen LogP contribution in [-0.2, 0) is 24.1 Å². The normalized spacial score (nSPS) is 15.1. The van der Waals surface area contributed by atoms with Crippen LogP contribution in [0.2, 0.25) is 0 Å². The fraction of sp³-hybridized carbons (Fsp3) is 0.409. The number of fused-ring (bicyclic) bond motifs is 2. The lowest BCUT2D eigenvalue weighted by atomic mass is 10.0. The number of nitrogens with one attached hydrogen (secondary N) is 1. The minimum absolute atomic E-state index is 0.159. The first-order valence-corrected chi connectivity index (χ1v) is 9.83. The summed E-state index contributed by atoms with van der Waals surface area (Å²) in [5, 5.41) is 3.37. The summed E-state index contributed by atoms with van der Waals surface area (Å²) in [4.78, 5) is 21.1. The van der Waals surface area contributed by atoms with Crippen LogP contribution >= 0.6 is 0 Å². The molecule has 1 N–H and O–H groups in total. The van der Waals surface area contributed by atoms with Gasteiger partial charge < -0.3 is 10.1 Å². The number of carbonyl (C=O) groups is 1. The van der Waals surface area contributed by atoms with Gasteiger partial charge in [-0.05, 0) is 67.5 Å². The third-order valence-corrected chi connectivity index (χ3v) is 5.08. The number of carbonyl (C=O) groups excluding carboxylic acids is 1. The van der Waals surface area contributed by atoms with Crippen molar-refractivity contribution in [2.45, 2.75) is 44.9 Å². The van der Waals surface area contributed by atoms with Gasteiger partial charge in [0.15, 0.2) is 5.78 Å². The van der Waals surface area contributed by atoms with Gasteiger partial charge in [-0.2, -0.15) is 0 Å². The van der Waals surface area contributed by atoms with Crippen LogP contribution < -0.4 is 10.1 Å². The molecule has 0 saturated heterocycles. The maximum atomic E-state index is 12.1. The highest BCUT2D eigenvalue weighted by molar-refractivity contribution is 5.93. The molecule has 0 bridgehead atoms. The Morgan fingerprint density at radius 2 is 2.19 bits per heavy atom. The summed E-state index contributed by atoms with van der Waals surface area (Å²) >= 11 is 0. The van der Waals surface area contributed by atoms with Crippen molar-refractivity contribution >= 4 is 17.7 Å². The molecule has 5 nitrogen and oxygen atoms in total. The second-order valence-corrected chi connectivity index (χ2v) is 7.18. The zero-order valence-electron chi connectivity index (χ0n) is 15.5. The highest BCUT2D eigenvalue weighted by Crippen LogP contribution is 2.23. The van der Waals surface area contributed by atoms with Crippen molar-refractivity contribution in [3.63, 3.8) is 0 Å². The third-order valence-electron chi connectivity index (χ3n) is 5.08. The van der Waals surface area contributed by atoms with Gasteiger partial charge in [0.1, 0.15) is 5.82 Å². The number of ether oxygens (including phenoxy) is 1. The van der Waals surface area contributed by atoms with E-state index in [1.807, 2.05) is 6.08 Å². The molecule has 0 radical (unpaired) electrons. The smallest absolute Gasteiger partial charge is 0.216 e. The molecule has 4 heterocycles. The Hall–Kier alpha value is -2.69. The summed E-state index contributed by atoms with van der Waals surface area (Å²) in [6.45, 7) is 1.71. The molecular formula is C22H25N3O2. The predicted octanol–water partition coefficient (Wildman–Crippen LogP) is 3.76. The number of anilines is 1. The summed E-state index contributed by atoms with van der Waals surface area (Å²) in [7, 11) is 0. The van der Waals surface area contributed by atoms with Crippen molar-refractivity contribution < 1.29 is 9.53 Å². The molecule has 140 valence electrons. The van der Waals surface area contributed by atoms with Crippen molar-refractivity contribution in [2.24, 2.45) is 0 Å². The van der Waals surface area contributed by atoms with Gasteiger partial charge >= 0.3 is 0 Å². The van der Waals surface area contributed by atoms with Crippen LogP contribution in [0, 0.1) is 0 Å². The monoisotopic (exact) mass is 363 g/mol. The van der Waals surface area contributed by atoms with E-state index in [0.717, 1.165) is 67.2 Å². The molecule has 0 atom stereocenters. The second kappa shape index (κ2) is 8.33. The Bertz CT molecular complexity index is 861. The van der Waals surface area contributed by atoms with Crippen molar-refractivity contribution in [1.29, 1.82) is 0 Å². The van der Waals surface area contributed by atoms with E-state index in [9.17, 15) is 4.79 Å². The Balaban J connectivity index is 1.21. The van der Waals surface area contributed by atoms with E-state index >= 15 is 0 Å². The van der Waals surface area contributed by atoms with Crippen molar-refractivity contribution in [2.75, 3.05) is 18.5 Å². The molecule has 0 spiro atoms. The Morgan fingerprint density at radius 1 is 1.22 bits per heavy atom. The average molecular weight is 363 g/mol. The molecule has 2 aromatic rings. The quantitative estimate of drug-likeness (QED) is 0.599. The van der Waals surface area contributed by atoms with Crippen LogP contribution in [0.15, 0.2) is 30.5 Å². The molecule has 2 aliphatic rings. The molecule has 0 fully saturated rings. The number of rotatable bonds is 7. The molecule has 0 saturated carbocycles. The Labute approximate surface area is 159 Å². The number of ketones is 1. The predicted molar refractivity (Wildman–Crippen MR) is 106 cm³/mol. The number of hydrogen-bond donors (Lipinski definition) is 1. The molecule has 0 amide bonds. The van der Waals surface area contributed by atoms with Crippen molar-refractivity contribution in [3.05, 3.63) is 52.9 Å². The molecular weight excluding hydrogens is 338 g/mol. The van der Waals surface area contributed by atoms with E-state index < -0.39 is 0 Å². The second-order valence-electron chi connectivity index (χ2n) is 7.18. The summed E-state index contributed by atoms with van der Waals surface area (Å²) in [6.07, 6.45) is 11.8. The van der Waals surface area contributed by atoms with Gasteiger partial charge in [-0.15, -0.1) is 0 Å². The van der Waals surface area contributed by atoms with Crippen molar-refractivity contribution in [3.8, 4) is 5.88 Å². The van der Waals surface area contributed by atoms with Gasteiger partial charge in [-0.25, -0.2) is 9.97 Å². The number of allylic oxidation sites excluding steroid dienone is 1. The lowest BCUT2D eigenvalue weighted by Gasteiger charge is -2.17. The zero-order chi connectivity index (χ0) is 18.5. The summed E-state index contributed by atoms with van der Waals surface area (Å²) in [5.41, 5.74) is 4.51. The molecule has 2 aliphatic heterocycles. The van der Waals surface area contributed by atoms with E-state index in [-0.39, 0.29) is 5.78 Å². The van der Waals surface area contributed by atoms with Gasteiger partial charge in [-0.1, -0.05) is 6.07 Å². The molecule has 2 aromatic heterocycles. The Morgan fingerprint density at radius 3 is 3.15 bits per heavy atom. The zero-order valence-corrected chi connectivity index (χ0v) is 15.5. The first kappa shape index (κ1) is 17.7. The topological polar surface area (TPSA) is 64.1 Å². The van der Waals surface area contributed by atoms with E-state index in [0.29, 0.717) is 13.0 Å². The summed E-state index contributed by atoms with van der Waals surface area (Å²) in [6, 6.07) is 6.36. The Kier molecular flexibility index (Phi) is 5.47. The summed E-state index contributed by atoms with van der Waals surface area (Å²) < 4.78 is 5.40. The molecule has 27 heavy (non-hydrogen) atoms. The minimum atomic E-state index is 0.159. The first-order chi connectivity index (χ1) is 13.3. The van der Waals surface area contributed by atoms with Crippen LogP contribution in [-0.4, -0.2) is 28.9 Å². The lowest BCUT2D eigenvalue weighted by Crippen LogP contribution is -2.14. The molecule has 0 aliphatic carbocycles. The fourth-order valence-corrected chi connectivity index (χ4v) is 3.56. The fourth-order valence-electron chi connectivity index (χ4n) is 3.56. The summed E-state index contributed by atoms with van der Waals surface area (Å²) in [5.74, 6) is 1.93. The van der Waals surface area contributed by atoms with Crippen molar-refractivity contribution in [1.82, 2.24) is 9.97 Å². The number of aromatic nitrogens is 2. The average Bonchev–Trinajstić information content (AvgIpc) is 3.17. The standard InChI is InChI=1S/C22H25N3O2/c26-20(10-7-16-14-18-11-13-27-22(18)24-15-16)6-2-1-5-19-9-8-17-4-3-12-23-21(17)25-19/h7-10,14-15H,1-6,11-13H2,(H,23,25)/b10-7+. The first-order valence-electron chi connectivity index (χ1n) is 9.83. The largest absolute Gasteiger partial charge is 0.477 e. The van der Waals surface area contributed by atoms with Gasteiger partial charge in [-0.3, -0.25) is 4.79 Å². The third kappa shape index (κ3) is 4.54. The number of hydrogen-bond acceptors (Lipinski definition) is 5. The maximum Gasteiger partial charge on any atom is 0.216 e. The SMILES string of the molecule is O=C(/C=C/c1cnc2c(c1)CCO2)CCCCc1ccc2c(n1)NCCC2. The van der Waals surface area contributed by atoms with Crippen LogP contribution in [0.1, 0.15) is 48.1 Å². The number of nitrogens with zero attached hydrogens (tertiary/aromatic N) is 2. The molecule has 0 aromatic carbocycles. The number of aryl methyl sites for hydroxylation is 2. The molecule has 4 rings (SSSR count). The molecule has 0 unspecified atom stereocenters. The van der Waals surface area contributed by atoms with E-state index in [1.54, 1.807) is 12.3 Å². The lowest BCUT2D eigenvalue weighted by molar-refractivity contribution is -0.114. The van der Waals surface area contributed by atoms with Gasteiger partial charge in [0.05, 0.1) is 6.61 Å². The minimum Gasteiger partial charge on any atom is -0.477 e. The van der Waals surface area contributed by atoms with Crippen LogP contribution in [0.25, 0.3) is 6.08 Å². The van der Waals surface area contributed by atoms with E-state index in [4.69, 9.17) is 9.72 Å². The number of unbranched alkanes of at least 4 members (excludes halogenated alkanes) is 1. The van der Waals surface area contributed by atoms with Gasteiger partial charge in [0.2, 0.25) is 5.88 Å². The molecule has 5 heteroatoms. The van der Waals surface area contributed by atoms with Gasteiger partial charge in [0, 0.05) is 36.8 Å². The van der Waals surface area contributed by atoms with E-state index in [1.165, 1.54) is 12.0 Å². The highest BCUT2D eigenvalue weighted by atomic mass is 16.5. The van der Waals surface area contributed by atoms with Crippen LogP contribution in [0.4, 0.5) is 5.82 Å². The van der Waals surface area contributed by atoms with E-state index in [2.05, 4.69) is 28.5 Å². The number of pyridine rings is 2. The highest BCUT2D eigenvalue weighted by Gasteiger charge is 2.13. The van der Waals surface area contributed by atoms with Crippen LogP contribution in [0.5, 0.6) is 5.88 Å². The van der Waals surface area contributed by atoms with Gasteiger partial charge in [0.25, 0.3) is 0 Å².